The first-order chi connectivity index (χ1) is 30.3. The predicted molar refractivity (Wildman–Crippen MR) is 234 cm³/mol. The number of alkyl carbamates (subject to hydrolysis) is 1. The van der Waals surface area contributed by atoms with Crippen LogP contribution in [0.1, 0.15) is 107 Å². The molecule has 63 heavy (non-hydrogen) atoms. The van der Waals surface area contributed by atoms with Gasteiger partial charge in [0.15, 0.2) is 0 Å². The number of nitrogens with one attached hydrogen (secondary N) is 3. The van der Waals surface area contributed by atoms with Crippen molar-refractivity contribution in [1.82, 2.24) is 39.6 Å². The number of halogens is 1. The van der Waals surface area contributed by atoms with Gasteiger partial charge < -0.3 is 50.0 Å². The van der Waals surface area contributed by atoms with Gasteiger partial charge in [-0.3, -0.25) is 9.59 Å². The fourth-order valence-corrected chi connectivity index (χ4v) is 9.55. The molecule has 0 spiro atoms. The van der Waals surface area contributed by atoms with Gasteiger partial charge in [-0.1, -0.05) is 45.9 Å². The van der Waals surface area contributed by atoms with Crippen molar-refractivity contribution in [2.45, 2.75) is 96.4 Å². The molecule has 6 unspecified atom stereocenters. The van der Waals surface area contributed by atoms with Gasteiger partial charge in [0.25, 0.3) is 0 Å². The Hall–Kier alpha value is -6.42. The number of benzene rings is 2. The van der Waals surface area contributed by atoms with Gasteiger partial charge in [-0.05, 0) is 79.5 Å². The summed E-state index contributed by atoms with van der Waals surface area (Å²) in [5, 5.41) is 14.1. The zero-order valence-electron chi connectivity index (χ0n) is 36.1. The molecule has 4 aliphatic rings. The number of aromatic nitrogens is 5. The lowest BCUT2D eigenvalue weighted by atomic mass is 9.90. The molecular formula is C47H54FN9O6. The quantitative estimate of drug-likeness (QED) is 0.0960. The second-order valence-electron chi connectivity index (χ2n) is 17.7. The average molecular weight is 860 g/mol. The summed E-state index contributed by atoms with van der Waals surface area (Å²) < 4.78 is 30.4. The van der Waals surface area contributed by atoms with Crippen molar-refractivity contribution in [1.29, 1.82) is 0 Å². The van der Waals surface area contributed by atoms with Crippen LogP contribution in [0.3, 0.4) is 0 Å². The Labute approximate surface area is 364 Å². The summed E-state index contributed by atoms with van der Waals surface area (Å²) in [7, 11) is 1.27. The maximum atomic E-state index is 16.9. The van der Waals surface area contributed by atoms with Crippen molar-refractivity contribution in [3.63, 3.8) is 0 Å². The Kier molecular flexibility index (Phi) is 11.1. The van der Waals surface area contributed by atoms with Crippen molar-refractivity contribution < 1.29 is 33.4 Å². The van der Waals surface area contributed by atoms with Gasteiger partial charge in [-0.2, -0.15) is 0 Å². The smallest absolute Gasteiger partial charge is 0.407 e. The molecule has 2 fully saturated rings. The third-order valence-electron chi connectivity index (χ3n) is 13.0. The number of nitrogens with two attached hydrogens (primary N) is 1. The van der Waals surface area contributed by atoms with E-state index in [9.17, 15) is 19.5 Å². The summed E-state index contributed by atoms with van der Waals surface area (Å²) in [6.45, 7) is 8.78. The Morgan fingerprint density at radius 1 is 0.921 bits per heavy atom. The summed E-state index contributed by atoms with van der Waals surface area (Å²) >= 11 is 0. The third-order valence-corrected chi connectivity index (χ3v) is 13.0. The summed E-state index contributed by atoms with van der Waals surface area (Å²) in [6.07, 6.45) is 5.70. The number of carbonyl (C=O) groups excluding carboxylic acids is 3. The number of hydrogen-bond acceptors (Lipinski definition) is 9. The maximum absolute atomic E-state index is 16.9. The summed E-state index contributed by atoms with van der Waals surface area (Å²) in [6, 6.07) is 13.0. The number of phenols is 1. The monoisotopic (exact) mass is 859 g/mol. The first kappa shape index (κ1) is 41.9. The number of imidazole rings is 2. The van der Waals surface area contributed by atoms with Crippen LogP contribution in [0, 0.1) is 11.8 Å². The topological polar surface area (TPSA) is 197 Å². The second-order valence-corrected chi connectivity index (χ2v) is 17.7. The van der Waals surface area contributed by atoms with Gasteiger partial charge in [0.2, 0.25) is 18.0 Å². The van der Waals surface area contributed by atoms with E-state index in [1.54, 1.807) is 35.5 Å². The molecule has 0 saturated carbocycles. The molecular weight excluding hydrogens is 806 g/mol. The zero-order valence-corrected chi connectivity index (χ0v) is 36.1. The molecule has 3 amide bonds. The Morgan fingerprint density at radius 2 is 1.60 bits per heavy atom. The molecule has 3 aliphatic heterocycles. The van der Waals surface area contributed by atoms with E-state index in [2.05, 4.69) is 20.3 Å². The lowest BCUT2D eigenvalue weighted by molar-refractivity contribution is -0.136. The van der Waals surface area contributed by atoms with Crippen molar-refractivity contribution in [2.24, 2.45) is 17.6 Å². The molecule has 2 aromatic carbocycles. The van der Waals surface area contributed by atoms with Crippen LogP contribution in [0.2, 0.25) is 0 Å². The number of fused-ring (bicyclic) bond motifs is 4. The lowest BCUT2D eigenvalue weighted by Gasteiger charge is -2.34. The highest BCUT2D eigenvalue weighted by atomic mass is 19.1. The molecule has 6 heterocycles. The predicted octanol–water partition coefficient (Wildman–Crippen LogP) is 7.26. The molecule has 0 radical (unpaired) electrons. The molecule has 9 rings (SSSR count). The van der Waals surface area contributed by atoms with Crippen LogP contribution in [0.25, 0.3) is 33.3 Å². The number of amides is 3. The van der Waals surface area contributed by atoms with E-state index in [1.165, 1.54) is 7.11 Å². The number of methoxy groups -OCH3 is 1. The fourth-order valence-electron chi connectivity index (χ4n) is 9.55. The van der Waals surface area contributed by atoms with E-state index < -0.39 is 30.6 Å². The van der Waals surface area contributed by atoms with Crippen molar-refractivity contribution >= 4 is 40.0 Å². The van der Waals surface area contributed by atoms with Crippen LogP contribution in [0.15, 0.2) is 72.8 Å². The minimum atomic E-state index is -1.42. The minimum Gasteiger partial charge on any atom is -0.508 e. The van der Waals surface area contributed by atoms with Crippen LogP contribution in [0.5, 0.6) is 5.75 Å². The summed E-state index contributed by atoms with van der Waals surface area (Å²) in [4.78, 5) is 59.0. The Balaban J connectivity index is 1.04. The number of alkyl halides is 1. The molecule has 3 aromatic heterocycles. The SMILES string of the molecule is COC(=O)NC(C(=O)N1CCCC1c1ncc(-c2ccc3c(c2)cc2n3C(c3cccc(O)c3)OC3=C2C(F)CC(c2cnc(C4CCCN4C(=O)C(N)C(C)C)[nH]2)=C3)[nH]1)C(C)C. The van der Waals surface area contributed by atoms with E-state index >= 15 is 4.39 Å². The number of H-pyrrole nitrogens is 2. The normalized spacial score (nSPS) is 22.0. The highest BCUT2D eigenvalue weighted by molar-refractivity contribution is 5.93. The number of hydrogen-bond donors (Lipinski definition) is 5. The van der Waals surface area contributed by atoms with Crippen LogP contribution < -0.4 is 11.1 Å². The van der Waals surface area contributed by atoms with Gasteiger partial charge in [-0.25, -0.2) is 19.2 Å². The number of aromatic amines is 2. The van der Waals surface area contributed by atoms with Crippen LogP contribution in [-0.2, 0) is 19.1 Å². The summed E-state index contributed by atoms with van der Waals surface area (Å²) in [5.74, 6) is 1.34. The van der Waals surface area contributed by atoms with E-state index in [0.717, 1.165) is 47.8 Å². The highest BCUT2D eigenvalue weighted by Crippen LogP contribution is 2.47. The molecule has 2 saturated heterocycles. The fraction of sp³-hybridized carbons (Fsp3) is 0.426. The number of nitrogens with zero attached hydrogens (tertiary/aromatic N) is 5. The van der Waals surface area contributed by atoms with E-state index in [1.807, 2.05) is 73.6 Å². The molecule has 15 nitrogen and oxygen atoms in total. The van der Waals surface area contributed by atoms with E-state index in [0.29, 0.717) is 58.6 Å². The molecule has 6 atom stereocenters. The largest absolute Gasteiger partial charge is 0.508 e. The Morgan fingerprint density at radius 3 is 2.27 bits per heavy atom. The number of allylic oxidation sites excluding steroid dienone is 3. The van der Waals surface area contributed by atoms with Crippen molar-refractivity contribution in [3.05, 3.63) is 101 Å². The van der Waals surface area contributed by atoms with Gasteiger partial charge in [0.05, 0.1) is 65.8 Å². The maximum Gasteiger partial charge on any atom is 0.407 e. The number of rotatable bonds is 10. The molecule has 330 valence electrons. The number of carbonyl (C=O) groups is 3. The first-order valence-electron chi connectivity index (χ1n) is 21.8. The average Bonchev–Trinajstić information content (AvgIpc) is 4.13. The van der Waals surface area contributed by atoms with Crippen molar-refractivity contribution in [3.8, 4) is 17.0 Å². The number of likely N-dealkylation sites (tertiary alicyclic amines) is 2. The highest BCUT2D eigenvalue weighted by Gasteiger charge is 2.40. The van der Waals surface area contributed by atoms with E-state index in [4.69, 9.17) is 20.2 Å². The van der Waals surface area contributed by atoms with Crippen molar-refractivity contribution in [2.75, 3.05) is 20.2 Å². The van der Waals surface area contributed by atoms with Gasteiger partial charge in [0, 0.05) is 36.0 Å². The van der Waals surface area contributed by atoms with Gasteiger partial charge in [0.1, 0.15) is 35.4 Å². The molecule has 1 aliphatic carbocycles. The lowest BCUT2D eigenvalue weighted by Crippen LogP contribution is -2.51. The molecule has 16 heteroatoms. The minimum absolute atomic E-state index is 0.00309. The van der Waals surface area contributed by atoms with E-state index in [-0.39, 0.29) is 47.9 Å². The van der Waals surface area contributed by atoms with Gasteiger partial charge in [-0.15, -0.1) is 0 Å². The standard InChI is InChI=1S/C47H54FN9O6/c1-24(2)40(49)44(59)55-15-7-11-35(55)42-51-23-33(53-42)28-19-31(48)39-37-20-29-17-26(13-14-34(29)57(37)46(63-38(39)21-28)27-9-6-10-30(58)18-27)32-22-50-43(52-32)36-12-8-16-56(36)45(60)41(25(3)4)54-47(61)62-5/h6,9-10,13-14,17-18,20-25,31,35-36,40-41,46,58H,7-8,11-12,15-16,19,49H2,1-5H3,(H,50,52)(H,51,53)(H,54,61). The number of phenolic OH excluding ortho intramolecular Hbond substituents is 1. The second kappa shape index (κ2) is 16.7. The van der Waals surface area contributed by atoms with Crippen LogP contribution in [-0.4, -0.2) is 95.8 Å². The number of ether oxygens (including phenoxy) is 2. The Bertz CT molecular complexity index is 2640. The molecule has 6 N–H and O–H groups in total. The van der Waals surface area contributed by atoms with Crippen LogP contribution >= 0.6 is 0 Å². The summed E-state index contributed by atoms with van der Waals surface area (Å²) in [5.41, 5.74) is 11.8. The molecule has 5 aromatic rings. The van der Waals surface area contributed by atoms with Gasteiger partial charge >= 0.3 is 6.09 Å². The third kappa shape index (κ3) is 7.63. The molecule has 0 bridgehead atoms. The van der Waals surface area contributed by atoms with Crippen LogP contribution in [0.4, 0.5) is 9.18 Å². The first-order valence-corrected chi connectivity index (χ1v) is 21.8. The zero-order chi connectivity index (χ0) is 44.3. The number of aromatic hydroxyl groups is 1.